The molecule has 1 atom stereocenters. The van der Waals surface area contributed by atoms with Crippen LogP contribution in [0.25, 0.3) is 11.6 Å². The minimum atomic E-state index is 0.188. The second kappa shape index (κ2) is 7.86. The fraction of sp³-hybridized carbons (Fsp3) is 0.333. The molecule has 7 heteroatoms. The third kappa shape index (κ3) is 3.95. The van der Waals surface area contributed by atoms with Crippen molar-refractivity contribution in [3.63, 3.8) is 0 Å². The smallest absolute Gasteiger partial charge is 0.200 e. The largest absolute Gasteiger partial charge is 0.461 e. The van der Waals surface area contributed by atoms with Gasteiger partial charge in [-0.25, -0.2) is 0 Å². The summed E-state index contributed by atoms with van der Waals surface area (Å²) >= 11 is 1.66. The number of aromatic nitrogens is 3. The number of benzene rings is 1. The van der Waals surface area contributed by atoms with Gasteiger partial charge in [-0.15, -0.1) is 10.2 Å². The van der Waals surface area contributed by atoms with E-state index in [4.69, 9.17) is 13.9 Å². The Morgan fingerprint density at radius 1 is 1.12 bits per heavy atom. The van der Waals surface area contributed by atoms with E-state index in [1.807, 2.05) is 30.3 Å². The molecule has 1 aliphatic rings. The minimum Gasteiger partial charge on any atom is -0.461 e. The summed E-state index contributed by atoms with van der Waals surface area (Å²) in [6.45, 7) is 1.82. The molecule has 0 radical (unpaired) electrons. The molecule has 0 amide bonds. The number of hydrogen-bond donors (Lipinski definition) is 0. The Hall–Kier alpha value is -2.09. The van der Waals surface area contributed by atoms with Crippen LogP contribution in [0.4, 0.5) is 0 Å². The number of rotatable bonds is 6. The number of nitrogens with zero attached hydrogens (tertiary/aromatic N) is 3. The highest BCUT2D eigenvalue weighted by atomic mass is 32.2. The van der Waals surface area contributed by atoms with Crippen molar-refractivity contribution < 1.29 is 13.9 Å². The molecule has 25 heavy (non-hydrogen) atoms. The molecule has 0 aliphatic carbocycles. The molecule has 4 rings (SSSR count). The molecule has 3 heterocycles. The van der Waals surface area contributed by atoms with Gasteiger partial charge in [0.05, 0.1) is 25.5 Å². The third-order valence-corrected chi connectivity index (χ3v) is 5.11. The number of hydrogen-bond acceptors (Lipinski definition) is 6. The first kappa shape index (κ1) is 16.4. The van der Waals surface area contributed by atoms with Crippen LogP contribution in [0.5, 0.6) is 0 Å². The Balaban J connectivity index is 1.57. The normalized spacial score (nSPS) is 17.7. The van der Waals surface area contributed by atoms with E-state index in [2.05, 4.69) is 26.9 Å². The summed E-state index contributed by atoms with van der Waals surface area (Å²) in [5.74, 6) is 2.29. The average molecular weight is 357 g/mol. The third-order valence-electron chi connectivity index (χ3n) is 4.01. The van der Waals surface area contributed by atoms with Crippen LogP contribution < -0.4 is 0 Å². The van der Waals surface area contributed by atoms with Crippen molar-refractivity contribution >= 4 is 11.8 Å². The highest BCUT2D eigenvalue weighted by molar-refractivity contribution is 7.99. The predicted octanol–water partition coefficient (Wildman–Crippen LogP) is 3.44. The van der Waals surface area contributed by atoms with Gasteiger partial charge in [0.15, 0.2) is 10.9 Å². The van der Waals surface area contributed by atoms with Crippen molar-refractivity contribution in [2.24, 2.45) is 0 Å². The molecule has 3 aromatic rings. The average Bonchev–Trinajstić information content (AvgIpc) is 3.32. The summed E-state index contributed by atoms with van der Waals surface area (Å²) in [6.07, 6.45) is 2.75. The molecule has 1 fully saturated rings. The van der Waals surface area contributed by atoms with Gasteiger partial charge in [-0.1, -0.05) is 42.1 Å². The molecule has 2 aromatic heterocycles. The van der Waals surface area contributed by atoms with E-state index in [1.165, 1.54) is 5.56 Å². The van der Waals surface area contributed by atoms with Crippen LogP contribution in [-0.4, -0.2) is 40.0 Å². The van der Waals surface area contributed by atoms with Crippen LogP contribution in [0.15, 0.2) is 58.3 Å². The molecular formula is C18H19N3O3S. The lowest BCUT2D eigenvalue weighted by Crippen LogP contribution is -2.25. The van der Waals surface area contributed by atoms with E-state index in [-0.39, 0.29) is 6.10 Å². The van der Waals surface area contributed by atoms with Crippen molar-refractivity contribution in [1.82, 2.24) is 14.8 Å². The summed E-state index contributed by atoms with van der Waals surface area (Å²) in [5.41, 5.74) is 1.19. The van der Waals surface area contributed by atoms with Crippen molar-refractivity contribution in [1.29, 1.82) is 0 Å². The molecule has 1 saturated heterocycles. The van der Waals surface area contributed by atoms with Gasteiger partial charge in [0.25, 0.3) is 0 Å². The number of thioether (sulfide) groups is 1. The van der Waals surface area contributed by atoms with Gasteiger partial charge in [0, 0.05) is 5.75 Å². The van der Waals surface area contributed by atoms with Crippen molar-refractivity contribution in [2.75, 3.05) is 19.2 Å². The second-order valence-corrected chi connectivity index (χ2v) is 6.76. The Bertz CT molecular complexity index is 783. The molecule has 1 aromatic carbocycles. The van der Waals surface area contributed by atoms with Crippen LogP contribution in [0, 0.1) is 0 Å². The number of furan rings is 1. The van der Waals surface area contributed by atoms with Gasteiger partial charge in [0.1, 0.15) is 6.79 Å². The van der Waals surface area contributed by atoms with E-state index in [0.717, 1.165) is 35.5 Å². The maximum absolute atomic E-state index is 5.62. The van der Waals surface area contributed by atoms with Gasteiger partial charge in [-0.05, 0) is 24.1 Å². The maximum atomic E-state index is 5.62. The predicted molar refractivity (Wildman–Crippen MR) is 94.3 cm³/mol. The molecule has 0 bridgehead atoms. The molecule has 1 unspecified atom stereocenters. The van der Waals surface area contributed by atoms with Gasteiger partial charge < -0.3 is 13.9 Å². The Morgan fingerprint density at radius 2 is 2.04 bits per heavy atom. The van der Waals surface area contributed by atoms with E-state index in [0.29, 0.717) is 13.3 Å². The molecule has 130 valence electrons. The monoisotopic (exact) mass is 357 g/mol. The van der Waals surface area contributed by atoms with Crippen LogP contribution in [0.1, 0.15) is 12.0 Å². The van der Waals surface area contributed by atoms with E-state index >= 15 is 0 Å². The van der Waals surface area contributed by atoms with Crippen molar-refractivity contribution in [3.8, 4) is 11.6 Å². The standard InChI is InChI=1S/C18H19N3O3S/c1-2-5-14(6-3-1)11-21-17(16-7-4-9-23-16)19-20-18(21)25-12-15-8-10-22-13-24-15/h1-7,9,15H,8,10-13H2. The zero-order chi connectivity index (χ0) is 16.9. The Labute approximate surface area is 150 Å². The van der Waals surface area contributed by atoms with Gasteiger partial charge in [-0.3, -0.25) is 4.57 Å². The molecule has 1 aliphatic heterocycles. The lowest BCUT2D eigenvalue weighted by atomic mass is 10.2. The van der Waals surface area contributed by atoms with Crippen LogP contribution in [0.2, 0.25) is 0 Å². The van der Waals surface area contributed by atoms with Crippen molar-refractivity contribution in [3.05, 3.63) is 54.3 Å². The summed E-state index contributed by atoms with van der Waals surface area (Å²) in [6, 6.07) is 14.1. The molecular weight excluding hydrogens is 338 g/mol. The van der Waals surface area contributed by atoms with Crippen LogP contribution in [0.3, 0.4) is 0 Å². The first-order valence-electron chi connectivity index (χ1n) is 8.23. The first-order chi connectivity index (χ1) is 12.4. The van der Waals surface area contributed by atoms with Crippen LogP contribution >= 0.6 is 11.8 Å². The quantitative estimate of drug-likeness (QED) is 0.630. The highest BCUT2D eigenvalue weighted by Crippen LogP contribution is 2.27. The molecule has 6 nitrogen and oxygen atoms in total. The van der Waals surface area contributed by atoms with Gasteiger partial charge in [0.2, 0.25) is 5.82 Å². The first-order valence-corrected chi connectivity index (χ1v) is 9.22. The summed E-state index contributed by atoms with van der Waals surface area (Å²) < 4.78 is 18.5. The van der Waals surface area contributed by atoms with Gasteiger partial charge in [-0.2, -0.15) is 0 Å². The molecule has 0 saturated carbocycles. The summed E-state index contributed by atoms with van der Waals surface area (Å²) in [4.78, 5) is 0. The molecule has 0 N–H and O–H groups in total. The molecule has 0 spiro atoms. The lowest BCUT2D eigenvalue weighted by molar-refractivity contribution is -0.130. The summed E-state index contributed by atoms with van der Waals surface area (Å²) in [5, 5.41) is 9.60. The lowest BCUT2D eigenvalue weighted by Gasteiger charge is -2.22. The topological polar surface area (TPSA) is 62.3 Å². The Kier molecular flexibility index (Phi) is 5.15. The van der Waals surface area contributed by atoms with E-state index < -0.39 is 0 Å². The van der Waals surface area contributed by atoms with E-state index in [1.54, 1.807) is 18.0 Å². The highest BCUT2D eigenvalue weighted by Gasteiger charge is 2.20. The van der Waals surface area contributed by atoms with E-state index in [9.17, 15) is 0 Å². The maximum Gasteiger partial charge on any atom is 0.200 e. The van der Waals surface area contributed by atoms with Crippen molar-refractivity contribution in [2.45, 2.75) is 24.2 Å². The second-order valence-electron chi connectivity index (χ2n) is 5.77. The fourth-order valence-electron chi connectivity index (χ4n) is 2.69. The van der Waals surface area contributed by atoms with Gasteiger partial charge >= 0.3 is 0 Å². The minimum absolute atomic E-state index is 0.188. The fourth-order valence-corrected chi connectivity index (χ4v) is 3.70. The SMILES string of the molecule is c1ccc(Cn2c(SCC3CCOCO3)nnc2-c2ccco2)cc1. The zero-order valence-corrected chi connectivity index (χ0v) is 14.5. The van der Waals surface area contributed by atoms with Crippen LogP contribution in [-0.2, 0) is 16.0 Å². The Morgan fingerprint density at radius 3 is 2.80 bits per heavy atom. The zero-order valence-electron chi connectivity index (χ0n) is 13.7. The number of ether oxygens (including phenoxy) is 2. The summed E-state index contributed by atoms with van der Waals surface area (Å²) in [7, 11) is 0.